The third-order valence-electron chi connectivity index (χ3n) is 3.66. The van der Waals surface area contributed by atoms with Gasteiger partial charge in [-0.3, -0.25) is 0 Å². The van der Waals surface area contributed by atoms with E-state index < -0.39 is 0 Å². The number of aliphatic hydroxyl groups excluding tert-OH is 1. The number of benzene rings is 1. The molecule has 0 amide bonds. The van der Waals surface area contributed by atoms with E-state index in [1.807, 2.05) is 13.0 Å². The summed E-state index contributed by atoms with van der Waals surface area (Å²) >= 11 is 6.20. The minimum absolute atomic E-state index is 0.291. The predicted octanol–water partition coefficient (Wildman–Crippen LogP) is 2.90. The second-order valence-corrected chi connectivity index (χ2v) is 5.36. The summed E-state index contributed by atoms with van der Waals surface area (Å²) in [6.07, 6.45) is 3.51. The number of hydrogen-bond acceptors (Lipinski definition) is 2. The summed E-state index contributed by atoms with van der Waals surface area (Å²) in [5.74, 6) is 0.416. The molecule has 0 bridgehead atoms. The third-order valence-corrected chi connectivity index (χ3v) is 4.01. The molecular formula is C14H20ClNO. The van der Waals surface area contributed by atoms with Gasteiger partial charge in [-0.05, 0) is 42.9 Å². The molecule has 1 aliphatic rings. The first-order chi connectivity index (χ1) is 8.20. The highest BCUT2D eigenvalue weighted by Gasteiger charge is 2.25. The summed E-state index contributed by atoms with van der Waals surface area (Å²) in [6, 6.07) is 6.60. The van der Waals surface area contributed by atoms with Gasteiger partial charge >= 0.3 is 0 Å². The Morgan fingerprint density at radius 3 is 2.94 bits per heavy atom. The molecule has 2 nitrogen and oxygen atoms in total. The highest BCUT2D eigenvalue weighted by Crippen LogP contribution is 2.26. The Morgan fingerprint density at radius 1 is 1.41 bits per heavy atom. The van der Waals surface area contributed by atoms with Gasteiger partial charge in [0.25, 0.3) is 0 Å². The lowest BCUT2D eigenvalue weighted by molar-refractivity contribution is 0.205. The first-order valence-electron chi connectivity index (χ1n) is 6.30. The Morgan fingerprint density at radius 2 is 2.24 bits per heavy atom. The van der Waals surface area contributed by atoms with Gasteiger partial charge in [0.1, 0.15) is 0 Å². The van der Waals surface area contributed by atoms with Crippen LogP contribution in [-0.2, 0) is 6.54 Å². The standard InChI is InChI=1S/C14H20ClNO/c1-10-5-6-11(13(15)7-10)8-16-14-4-2-3-12(14)9-17/h5-7,12,14,16-17H,2-4,8-9H2,1H3. The number of nitrogens with one attached hydrogen (secondary N) is 1. The fourth-order valence-corrected chi connectivity index (χ4v) is 2.86. The summed E-state index contributed by atoms with van der Waals surface area (Å²) in [7, 11) is 0. The summed E-state index contributed by atoms with van der Waals surface area (Å²) in [5, 5.41) is 13.6. The van der Waals surface area contributed by atoms with E-state index in [4.69, 9.17) is 11.6 Å². The molecule has 1 aromatic carbocycles. The van der Waals surface area contributed by atoms with Crippen LogP contribution in [0.4, 0.5) is 0 Å². The van der Waals surface area contributed by atoms with Crippen molar-refractivity contribution < 1.29 is 5.11 Å². The molecule has 2 unspecified atom stereocenters. The Hall–Kier alpha value is -0.570. The van der Waals surface area contributed by atoms with Crippen LogP contribution in [0, 0.1) is 12.8 Å². The van der Waals surface area contributed by atoms with Crippen molar-refractivity contribution in [3.05, 3.63) is 34.3 Å². The zero-order valence-corrected chi connectivity index (χ0v) is 11.0. The van der Waals surface area contributed by atoms with E-state index in [0.717, 1.165) is 30.0 Å². The zero-order valence-electron chi connectivity index (χ0n) is 10.2. The van der Waals surface area contributed by atoms with E-state index in [9.17, 15) is 5.11 Å². The lowest BCUT2D eigenvalue weighted by Gasteiger charge is -2.19. The molecule has 2 atom stereocenters. The maximum absolute atomic E-state index is 9.26. The number of rotatable bonds is 4. The van der Waals surface area contributed by atoms with Crippen LogP contribution in [0.5, 0.6) is 0 Å². The van der Waals surface area contributed by atoms with E-state index in [0.29, 0.717) is 18.6 Å². The number of hydrogen-bond donors (Lipinski definition) is 2. The fraction of sp³-hybridized carbons (Fsp3) is 0.571. The smallest absolute Gasteiger partial charge is 0.0474 e. The first kappa shape index (κ1) is 12.9. The molecule has 0 radical (unpaired) electrons. The van der Waals surface area contributed by atoms with E-state index in [2.05, 4.69) is 17.4 Å². The molecule has 1 aromatic rings. The van der Waals surface area contributed by atoms with Gasteiger partial charge in [-0.15, -0.1) is 0 Å². The minimum atomic E-state index is 0.291. The molecule has 1 fully saturated rings. The quantitative estimate of drug-likeness (QED) is 0.865. The molecule has 17 heavy (non-hydrogen) atoms. The molecule has 0 saturated heterocycles. The van der Waals surface area contributed by atoms with E-state index in [1.54, 1.807) is 0 Å². The van der Waals surface area contributed by atoms with Crippen molar-refractivity contribution in [1.82, 2.24) is 5.32 Å². The van der Waals surface area contributed by atoms with Crippen LogP contribution in [0.2, 0.25) is 5.02 Å². The topological polar surface area (TPSA) is 32.3 Å². The van der Waals surface area contributed by atoms with Crippen LogP contribution >= 0.6 is 11.6 Å². The van der Waals surface area contributed by atoms with Gasteiger partial charge in [-0.2, -0.15) is 0 Å². The maximum atomic E-state index is 9.26. The molecule has 0 aromatic heterocycles. The monoisotopic (exact) mass is 253 g/mol. The summed E-state index contributed by atoms with van der Waals surface area (Å²) in [6.45, 7) is 3.13. The van der Waals surface area contributed by atoms with Crippen molar-refractivity contribution in [2.75, 3.05) is 6.61 Å². The molecule has 0 heterocycles. The van der Waals surface area contributed by atoms with Crippen LogP contribution in [0.1, 0.15) is 30.4 Å². The number of aliphatic hydroxyl groups is 1. The van der Waals surface area contributed by atoms with Crippen molar-refractivity contribution in [1.29, 1.82) is 0 Å². The Bertz CT molecular complexity index is 380. The first-order valence-corrected chi connectivity index (χ1v) is 6.68. The zero-order chi connectivity index (χ0) is 12.3. The average molecular weight is 254 g/mol. The second-order valence-electron chi connectivity index (χ2n) is 4.96. The number of aryl methyl sites for hydroxylation is 1. The highest BCUT2D eigenvalue weighted by molar-refractivity contribution is 6.31. The van der Waals surface area contributed by atoms with E-state index >= 15 is 0 Å². The molecular weight excluding hydrogens is 234 g/mol. The van der Waals surface area contributed by atoms with Crippen molar-refractivity contribution in [3.63, 3.8) is 0 Å². The highest BCUT2D eigenvalue weighted by atomic mass is 35.5. The Balaban J connectivity index is 1.93. The fourth-order valence-electron chi connectivity index (χ4n) is 2.56. The minimum Gasteiger partial charge on any atom is -0.396 e. The predicted molar refractivity (Wildman–Crippen MR) is 71.2 cm³/mol. The van der Waals surface area contributed by atoms with E-state index in [-0.39, 0.29) is 0 Å². The molecule has 94 valence electrons. The summed E-state index contributed by atoms with van der Waals surface area (Å²) in [5.41, 5.74) is 2.33. The molecule has 2 N–H and O–H groups in total. The molecule has 3 heteroatoms. The molecule has 0 spiro atoms. The van der Waals surface area contributed by atoms with Gasteiger partial charge in [0.15, 0.2) is 0 Å². The molecule has 1 aliphatic carbocycles. The van der Waals surface area contributed by atoms with E-state index in [1.165, 1.54) is 12.0 Å². The lowest BCUT2D eigenvalue weighted by atomic mass is 10.0. The van der Waals surface area contributed by atoms with Crippen LogP contribution in [0.25, 0.3) is 0 Å². The largest absolute Gasteiger partial charge is 0.396 e. The number of halogens is 1. The van der Waals surface area contributed by atoms with Crippen LogP contribution in [0.15, 0.2) is 18.2 Å². The van der Waals surface area contributed by atoms with Gasteiger partial charge in [-0.1, -0.05) is 30.2 Å². The SMILES string of the molecule is Cc1ccc(CNC2CCCC2CO)c(Cl)c1. The van der Waals surface area contributed by atoms with Crippen LogP contribution in [-0.4, -0.2) is 17.8 Å². The second kappa shape index (κ2) is 5.85. The third kappa shape index (κ3) is 3.21. The Labute approximate surface area is 108 Å². The molecule has 0 aliphatic heterocycles. The van der Waals surface area contributed by atoms with Gasteiger partial charge in [0.2, 0.25) is 0 Å². The van der Waals surface area contributed by atoms with Gasteiger partial charge in [0.05, 0.1) is 0 Å². The maximum Gasteiger partial charge on any atom is 0.0474 e. The van der Waals surface area contributed by atoms with Gasteiger partial charge < -0.3 is 10.4 Å². The Kier molecular flexibility index (Phi) is 4.43. The van der Waals surface area contributed by atoms with Crippen molar-refractivity contribution >= 4 is 11.6 Å². The molecule has 1 saturated carbocycles. The van der Waals surface area contributed by atoms with Gasteiger partial charge in [-0.25, -0.2) is 0 Å². The van der Waals surface area contributed by atoms with Crippen LogP contribution in [0.3, 0.4) is 0 Å². The van der Waals surface area contributed by atoms with Crippen LogP contribution < -0.4 is 5.32 Å². The average Bonchev–Trinajstić information content (AvgIpc) is 2.75. The van der Waals surface area contributed by atoms with Crippen molar-refractivity contribution in [2.24, 2.45) is 5.92 Å². The van der Waals surface area contributed by atoms with Gasteiger partial charge in [0, 0.05) is 24.2 Å². The van der Waals surface area contributed by atoms with Crippen molar-refractivity contribution in [3.8, 4) is 0 Å². The normalized spacial score (nSPS) is 24.2. The summed E-state index contributed by atoms with van der Waals surface area (Å²) in [4.78, 5) is 0. The molecule has 2 rings (SSSR count). The summed E-state index contributed by atoms with van der Waals surface area (Å²) < 4.78 is 0. The lowest BCUT2D eigenvalue weighted by Crippen LogP contribution is -2.33. The van der Waals surface area contributed by atoms with Crippen molar-refractivity contribution in [2.45, 2.75) is 38.8 Å².